The number of nitrogens with zero attached hydrogens (tertiary/aromatic N) is 1. The van der Waals surface area contributed by atoms with E-state index < -0.39 is 21.5 Å². The Morgan fingerprint density at radius 2 is 1.59 bits per heavy atom. The summed E-state index contributed by atoms with van der Waals surface area (Å²) in [4.78, 5) is 17.9. The van der Waals surface area contributed by atoms with Gasteiger partial charge in [-0.25, -0.2) is 13.2 Å². The molecule has 0 radical (unpaired) electrons. The van der Waals surface area contributed by atoms with Crippen LogP contribution in [-0.4, -0.2) is 32.4 Å². The van der Waals surface area contributed by atoms with Crippen LogP contribution in [0.2, 0.25) is 0 Å². The molecular weight excluding hydrogens is 448 g/mol. The van der Waals surface area contributed by atoms with E-state index in [1.54, 1.807) is 25.1 Å². The second kappa shape index (κ2) is 11.0. The van der Waals surface area contributed by atoms with Crippen LogP contribution in [0.25, 0.3) is 6.08 Å². The first kappa shape index (κ1) is 27.3. The quantitative estimate of drug-likeness (QED) is 0.231. The molecule has 6 nitrogen and oxygen atoms in total. The van der Waals surface area contributed by atoms with Gasteiger partial charge in [0.15, 0.2) is 0 Å². The summed E-state index contributed by atoms with van der Waals surface area (Å²) in [6, 6.07) is 15.7. The summed E-state index contributed by atoms with van der Waals surface area (Å²) in [5.41, 5.74) is 0.981. The van der Waals surface area contributed by atoms with E-state index in [-0.39, 0.29) is 28.3 Å². The number of benzene rings is 2. The zero-order chi connectivity index (χ0) is 25.6. The zero-order valence-electron chi connectivity index (χ0n) is 21.2. The number of nitrogens with one attached hydrogen (secondary N) is 1. The molecule has 0 unspecified atom stereocenters. The average molecular weight is 485 g/mol. The van der Waals surface area contributed by atoms with Crippen molar-refractivity contribution < 1.29 is 17.9 Å². The average Bonchev–Trinajstić information content (AvgIpc) is 2.70. The first-order chi connectivity index (χ1) is 15.7. The van der Waals surface area contributed by atoms with E-state index in [2.05, 4.69) is 25.5 Å². The van der Waals surface area contributed by atoms with Gasteiger partial charge in [-0.05, 0) is 63.3 Å². The van der Waals surface area contributed by atoms with Gasteiger partial charge in [0.25, 0.3) is 10.0 Å². The van der Waals surface area contributed by atoms with Crippen molar-refractivity contribution in [2.24, 2.45) is 10.4 Å². The molecule has 1 N–H and O–H groups in total. The van der Waals surface area contributed by atoms with Gasteiger partial charge in [0.05, 0.1) is 17.0 Å². The zero-order valence-corrected chi connectivity index (χ0v) is 22.0. The minimum atomic E-state index is -4.01. The van der Waals surface area contributed by atoms with E-state index in [1.807, 2.05) is 51.1 Å². The lowest BCUT2D eigenvalue weighted by Crippen LogP contribution is -2.38. The molecule has 0 bridgehead atoms. The summed E-state index contributed by atoms with van der Waals surface area (Å²) in [7, 11) is -4.01. The molecule has 0 aliphatic carbocycles. The Kier molecular flexibility index (Phi) is 8.83. The van der Waals surface area contributed by atoms with Crippen LogP contribution in [0.15, 0.2) is 70.1 Å². The Morgan fingerprint density at radius 3 is 2.12 bits per heavy atom. The summed E-state index contributed by atoms with van der Waals surface area (Å²) in [6.07, 6.45) is 2.26. The second-order valence-electron chi connectivity index (χ2n) is 10.1. The number of sulfonamides is 1. The molecule has 0 saturated carbocycles. The van der Waals surface area contributed by atoms with Crippen molar-refractivity contribution in [3.63, 3.8) is 0 Å². The third-order valence-electron chi connectivity index (χ3n) is 4.80. The second-order valence-corrected chi connectivity index (χ2v) is 11.8. The molecular formula is C27H36N2O4S. The van der Waals surface area contributed by atoms with Gasteiger partial charge < -0.3 is 4.74 Å². The maximum Gasteiger partial charge on any atom is 0.341 e. The van der Waals surface area contributed by atoms with E-state index in [1.165, 1.54) is 12.1 Å². The highest BCUT2D eigenvalue weighted by Crippen LogP contribution is 2.30. The van der Waals surface area contributed by atoms with Crippen molar-refractivity contribution in [3.05, 3.63) is 71.3 Å². The number of amidine groups is 1. The van der Waals surface area contributed by atoms with E-state index in [0.29, 0.717) is 6.42 Å². The minimum Gasteiger partial charge on any atom is -0.462 e. The molecule has 0 atom stereocenters. The van der Waals surface area contributed by atoms with E-state index in [4.69, 9.17) is 9.73 Å². The molecule has 0 saturated heterocycles. The summed E-state index contributed by atoms with van der Waals surface area (Å²) < 4.78 is 34.5. The third-order valence-corrected chi connectivity index (χ3v) is 6.16. The number of carbonyl (C=O) groups is 1. The molecule has 2 rings (SSSR count). The smallest absolute Gasteiger partial charge is 0.341 e. The van der Waals surface area contributed by atoms with Crippen LogP contribution in [0, 0.1) is 12.3 Å². The van der Waals surface area contributed by atoms with E-state index >= 15 is 0 Å². The van der Waals surface area contributed by atoms with Gasteiger partial charge >= 0.3 is 5.97 Å². The lowest BCUT2D eigenvalue weighted by atomic mass is 9.82. The fourth-order valence-corrected chi connectivity index (χ4v) is 4.85. The Hall–Kier alpha value is -2.93. The van der Waals surface area contributed by atoms with Crippen molar-refractivity contribution in [3.8, 4) is 0 Å². The molecule has 0 spiro atoms. The summed E-state index contributed by atoms with van der Waals surface area (Å²) in [6.45, 7) is 13.8. The fourth-order valence-electron chi connectivity index (χ4n) is 3.83. The molecule has 7 heteroatoms. The van der Waals surface area contributed by atoms with Gasteiger partial charge in [-0.15, -0.1) is 0 Å². The maximum absolute atomic E-state index is 13.3. The fraction of sp³-hybridized carbons (Fsp3) is 0.407. The lowest BCUT2D eigenvalue weighted by molar-refractivity contribution is -0.137. The van der Waals surface area contributed by atoms with Crippen molar-refractivity contribution in [1.29, 1.82) is 0 Å². The number of esters is 1. The molecule has 0 aromatic heterocycles. The van der Waals surface area contributed by atoms with Gasteiger partial charge in [0.2, 0.25) is 0 Å². The number of aliphatic imine (C=N–C) groups is 1. The lowest BCUT2D eigenvalue weighted by Gasteiger charge is -2.30. The van der Waals surface area contributed by atoms with Gasteiger partial charge in [0.1, 0.15) is 11.4 Å². The predicted molar refractivity (Wildman–Crippen MR) is 138 cm³/mol. The Balaban J connectivity index is 2.68. The number of ether oxygens (including phenoxy) is 1. The standard InChI is InChI=1S/C27H36N2O4S/c1-8-33-25(30)23(18-21-12-10-9-11-13-21)24(28-27(6,7)19-26(3,4)5)29-34(31,32)22-16-14-20(2)15-17-22/h9-18H,8,19H2,1-7H3,(H,28,29)/b23-18+. The minimum absolute atomic E-state index is 0.0443. The first-order valence-electron chi connectivity index (χ1n) is 11.4. The van der Waals surface area contributed by atoms with Crippen LogP contribution in [0.3, 0.4) is 0 Å². The Bertz CT molecular complexity index is 1140. The van der Waals surface area contributed by atoms with Crippen LogP contribution in [-0.2, 0) is 19.6 Å². The molecule has 0 amide bonds. The molecule has 0 fully saturated rings. The normalized spacial score (nSPS) is 13.5. The van der Waals surface area contributed by atoms with Gasteiger partial charge in [0, 0.05) is 0 Å². The van der Waals surface area contributed by atoms with Crippen LogP contribution in [0.1, 0.15) is 59.1 Å². The highest BCUT2D eigenvalue weighted by atomic mass is 32.2. The van der Waals surface area contributed by atoms with Crippen LogP contribution in [0.4, 0.5) is 0 Å². The number of hydrogen-bond acceptors (Lipinski definition) is 5. The predicted octanol–water partition coefficient (Wildman–Crippen LogP) is 5.53. The van der Waals surface area contributed by atoms with Crippen LogP contribution >= 0.6 is 0 Å². The van der Waals surface area contributed by atoms with Gasteiger partial charge in [-0.2, -0.15) is 0 Å². The summed E-state index contributed by atoms with van der Waals surface area (Å²) in [5, 5.41) is 0. The van der Waals surface area contributed by atoms with Crippen LogP contribution < -0.4 is 4.72 Å². The number of aryl methyl sites for hydroxylation is 1. The summed E-state index contributed by atoms with van der Waals surface area (Å²) >= 11 is 0. The molecule has 0 aliphatic heterocycles. The first-order valence-corrected chi connectivity index (χ1v) is 12.8. The topological polar surface area (TPSA) is 84.8 Å². The highest BCUT2D eigenvalue weighted by molar-refractivity contribution is 7.90. The molecule has 2 aromatic rings. The van der Waals surface area contributed by atoms with Crippen molar-refractivity contribution in [2.75, 3.05) is 6.61 Å². The SMILES string of the molecule is CCOC(=O)/C(=C/c1ccccc1)C(=NC(C)(C)CC(C)(C)C)NS(=O)(=O)c1ccc(C)cc1. The van der Waals surface area contributed by atoms with Crippen molar-refractivity contribution >= 4 is 27.9 Å². The Morgan fingerprint density at radius 1 is 1.00 bits per heavy atom. The van der Waals surface area contributed by atoms with Crippen molar-refractivity contribution in [2.45, 2.75) is 65.3 Å². The largest absolute Gasteiger partial charge is 0.462 e. The van der Waals surface area contributed by atoms with Crippen LogP contribution in [0.5, 0.6) is 0 Å². The molecule has 0 heterocycles. The molecule has 184 valence electrons. The molecule has 0 aliphatic rings. The number of hydrogen-bond donors (Lipinski definition) is 1. The summed E-state index contributed by atoms with van der Waals surface area (Å²) in [5.74, 6) is -0.694. The highest BCUT2D eigenvalue weighted by Gasteiger charge is 2.30. The van der Waals surface area contributed by atoms with Gasteiger partial charge in [-0.3, -0.25) is 9.71 Å². The maximum atomic E-state index is 13.3. The molecule has 2 aromatic carbocycles. The Labute approximate surface area is 204 Å². The van der Waals surface area contributed by atoms with E-state index in [9.17, 15) is 13.2 Å². The number of carbonyl (C=O) groups excluding carboxylic acids is 1. The monoisotopic (exact) mass is 484 g/mol. The molecule has 34 heavy (non-hydrogen) atoms. The van der Waals surface area contributed by atoms with Gasteiger partial charge in [-0.1, -0.05) is 68.8 Å². The van der Waals surface area contributed by atoms with Crippen molar-refractivity contribution in [1.82, 2.24) is 4.72 Å². The third kappa shape index (κ3) is 8.45. The van der Waals surface area contributed by atoms with E-state index in [0.717, 1.165) is 11.1 Å². The number of rotatable bonds is 8.